The molecule has 6 heteroatoms. The Morgan fingerprint density at radius 3 is 2.64 bits per heavy atom. The Balaban J connectivity index is 1.29. The molecule has 5 nitrogen and oxygen atoms in total. The Kier molecular flexibility index (Phi) is 5.78. The van der Waals surface area contributed by atoms with Crippen LogP contribution < -0.4 is 5.32 Å². The molecule has 2 saturated heterocycles. The molecule has 1 unspecified atom stereocenters. The van der Waals surface area contributed by atoms with E-state index in [-0.39, 0.29) is 17.4 Å². The van der Waals surface area contributed by atoms with Crippen molar-refractivity contribution in [1.82, 2.24) is 10.2 Å². The van der Waals surface area contributed by atoms with Crippen LogP contribution >= 0.6 is 11.3 Å². The lowest BCUT2D eigenvalue weighted by Crippen LogP contribution is -2.51. The van der Waals surface area contributed by atoms with E-state index in [1.165, 1.54) is 11.3 Å². The summed E-state index contributed by atoms with van der Waals surface area (Å²) in [5.41, 5.74) is 0.553. The van der Waals surface area contributed by atoms with Gasteiger partial charge in [0, 0.05) is 31.8 Å². The topological polar surface area (TPSA) is 58.6 Å². The molecule has 0 saturated carbocycles. The fraction of sp³-hybridized carbons (Fsp3) is 0.455. The second kappa shape index (κ2) is 8.45. The molecule has 28 heavy (non-hydrogen) atoms. The van der Waals surface area contributed by atoms with Gasteiger partial charge in [-0.15, -0.1) is 11.3 Å². The number of carbonyl (C=O) groups excluding carboxylic acids is 2. The molecular formula is C22H26N2O3S. The van der Waals surface area contributed by atoms with Crippen molar-refractivity contribution in [1.29, 1.82) is 0 Å². The zero-order chi connectivity index (χ0) is 19.4. The first kappa shape index (κ1) is 19.2. The molecule has 2 amide bonds. The Bertz CT molecular complexity index is 798. The van der Waals surface area contributed by atoms with Crippen LogP contribution in [0.3, 0.4) is 0 Å². The molecule has 0 aliphatic carbocycles. The van der Waals surface area contributed by atoms with E-state index in [9.17, 15) is 9.59 Å². The molecule has 148 valence electrons. The van der Waals surface area contributed by atoms with Crippen LogP contribution in [-0.2, 0) is 4.74 Å². The zero-order valence-electron chi connectivity index (χ0n) is 15.9. The number of ether oxygens (including phenoxy) is 1. The highest BCUT2D eigenvalue weighted by Crippen LogP contribution is 2.37. The van der Waals surface area contributed by atoms with E-state index in [2.05, 4.69) is 5.32 Å². The monoisotopic (exact) mass is 398 g/mol. The van der Waals surface area contributed by atoms with E-state index in [0.29, 0.717) is 18.0 Å². The van der Waals surface area contributed by atoms with Gasteiger partial charge in [0.25, 0.3) is 11.8 Å². The number of rotatable bonds is 4. The summed E-state index contributed by atoms with van der Waals surface area (Å²) in [4.78, 5) is 27.6. The number of nitrogens with one attached hydrogen (secondary N) is 1. The van der Waals surface area contributed by atoms with Crippen molar-refractivity contribution < 1.29 is 14.3 Å². The van der Waals surface area contributed by atoms with Crippen LogP contribution in [0.1, 0.15) is 45.7 Å². The third kappa shape index (κ3) is 4.28. The van der Waals surface area contributed by atoms with Crippen molar-refractivity contribution in [2.45, 2.75) is 31.3 Å². The fourth-order valence-corrected chi connectivity index (χ4v) is 4.94. The Morgan fingerprint density at radius 2 is 1.93 bits per heavy atom. The second-order valence-corrected chi connectivity index (χ2v) is 8.68. The van der Waals surface area contributed by atoms with Crippen molar-refractivity contribution in [3.8, 4) is 0 Å². The largest absolute Gasteiger partial charge is 0.375 e. The number of hydrogen-bond acceptors (Lipinski definition) is 4. The molecule has 1 atom stereocenters. The van der Waals surface area contributed by atoms with E-state index in [1.54, 1.807) is 0 Å². The lowest BCUT2D eigenvalue weighted by Gasteiger charge is -2.46. The summed E-state index contributed by atoms with van der Waals surface area (Å²) < 4.78 is 6.20. The molecule has 2 aliphatic heterocycles. The number of amides is 2. The van der Waals surface area contributed by atoms with Gasteiger partial charge < -0.3 is 15.0 Å². The number of benzene rings is 1. The molecule has 1 spiro atoms. The van der Waals surface area contributed by atoms with Gasteiger partial charge in [-0.25, -0.2) is 0 Å². The second-order valence-electron chi connectivity index (χ2n) is 7.74. The Hall–Kier alpha value is -2.18. The molecule has 1 aromatic carbocycles. The van der Waals surface area contributed by atoms with Crippen molar-refractivity contribution >= 4 is 23.2 Å². The maximum atomic E-state index is 12.6. The maximum absolute atomic E-state index is 12.6. The van der Waals surface area contributed by atoms with Gasteiger partial charge >= 0.3 is 0 Å². The minimum absolute atomic E-state index is 0.0162. The van der Waals surface area contributed by atoms with Gasteiger partial charge in [0.1, 0.15) is 0 Å². The predicted octanol–water partition coefficient (Wildman–Crippen LogP) is 3.58. The highest BCUT2D eigenvalue weighted by Gasteiger charge is 2.41. The van der Waals surface area contributed by atoms with Crippen molar-refractivity contribution in [3.63, 3.8) is 0 Å². The van der Waals surface area contributed by atoms with E-state index in [1.807, 2.05) is 52.7 Å². The number of hydrogen-bond donors (Lipinski definition) is 1. The van der Waals surface area contributed by atoms with E-state index < -0.39 is 0 Å². The number of likely N-dealkylation sites (tertiary alicyclic amines) is 1. The smallest absolute Gasteiger partial charge is 0.263 e. The molecule has 1 aromatic heterocycles. The van der Waals surface area contributed by atoms with Gasteiger partial charge in [0.05, 0.1) is 10.5 Å². The lowest BCUT2D eigenvalue weighted by atomic mass is 9.79. The van der Waals surface area contributed by atoms with Gasteiger partial charge in [-0.1, -0.05) is 24.3 Å². The molecule has 2 fully saturated rings. The predicted molar refractivity (Wildman–Crippen MR) is 110 cm³/mol. The van der Waals surface area contributed by atoms with Crippen LogP contribution in [0.4, 0.5) is 0 Å². The highest BCUT2D eigenvalue weighted by atomic mass is 32.1. The van der Waals surface area contributed by atoms with Gasteiger partial charge in [0.2, 0.25) is 0 Å². The van der Waals surface area contributed by atoms with E-state index in [0.717, 1.165) is 50.3 Å². The minimum Gasteiger partial charge on any atom is -0.375 e. The molecule has 0 radical (unpaired) electrons. The van der Waals surface area contributed by atoms with Crippen LogP contribution in [0, 0.1) is 5.92 Å². The number of piperidine rings is 1. The van der Waals surface area contributed by atoms with Gasteiger partial charge in [-0.05, 0) is 55.2 Å². The van der Waals surface area contributed by atoms with Gasteiger partial charge in [-0.3, -0.25) is 9.59 Å². The molecule has 0 bridgehead atoms. The average molecular weight is 399 g/mol. The Morgan fingerprint density at radius 1 is 1.14 bits per heavy atom. The fourth-order valence-electron chi connectivity index (χ4n) is 4.25. The summed E-state index contributed by atoms with van der Waals surface area (Å²) in [6.07, 6.45) is 3.65. The van der Waals surface area contributed by atoms with Crippen LogP contribution in [0.2, 0.25) is 0 Å². The number of thiophene rings is 1. The van der Waals surface area contributed by atoms with Crippen LogP contribution in [0.15, 0.2) is 47.8 Å². The first-order chi connectivity index (χ1) is 13.7. The third-order valence-electron chi connectivity index (χ3n) is 5.88. The van der Waals surface area contributed by atoms with Gasteiger partial charge in [-0.2, -0.15) is 0 Å². The standard InChI is InChI=1S/C22H26N2O3S/c25-20(18-5-2-1-3-6-18)23-16-17-8-13-27-22(15-17)9-11-24(12-10-22)21(26)19-7-4-14-28-19/h1-7,14,17H,8-13,15-16H2,(H,23,25). The molecule has 4 rings (SSSR count). The van der Waals surface area contributed by atoms with Crippen LogP contribution in [0.5, 0.6) is 0 Å². The summed E-state index contributed by atoms with van der Waals surface area (Å²) in [6.45, 7) is 2.88. The highest BCUT2D eigenvalue weighted by molar-refractivity contribution is 7.12. The normalized spacial score (nSPS) is 21.4. The molecule has 2 aliphatic rings. The summed E-state index contributed by atoms with van der Waals surface area (Å²) in [7, 11) is 0. The third-order valence-corrected chi connectivity index (χ3v) is 6.73. The summed E-state index contributed by atoms with van der Waals surface area (Å²) in [5.74, 6) is 0.533. The first-order valence-electron chi connectivity index (χ1n) is 9.95. The Labute approximate surface area is 169 Å². The van der Waals surface area contributed by atoms with E-state index in [4.69, 9.17) is 4.74 Å². The van der Waals surface area contributed by atoms with E-state index >= 15 is 0 Å². The average Bonchev–Trinajstić information content (AvgIpc) is 3.28. The van der Waals surface area contributed by atoms with Gasteiger partial charge in [0.15, 0.2) is 0 Å². The summed E-state index contributed by atoms with van der Waals surface area (Å²) >= 11 is 1.50. The lowest BCUT2D eigenvalue weighted by molar-refractivity contribution is -0.122. The minimum atomic E-state index is -0.146. The number of carbonyl (C=O) groups is 2. The first-order valence-corrected chi connectivity index (χ1v) is 10.8. The van der Waals surface area contributed by atoms with Crippen LogP contribution in [-0.4, -0.2) is 48.6 Å². The molecule has 3 heterocycles. The quantitative estimate of drug-likeness (QED) is 0.856. The van der Waals surface area contributed by atoms with Crippen LogP contribution in [0.25, 0.3) is 0 Å². The molecular weight excluding hydrogens is 372 g/mol. The summed E-state index contributed by atoms with van der Waals surface area (Å²) in [6, 6.07) is 13.1. The van der Waals surface area contributed by atoms with Crippen molar-refractivity contribution in [3.05, 3.63) is 58.3 Å². The maximum Gasteiger partial charge on any atom is 0.263 e. The number of nitrogens with zero attached hydrogens (tertiary/aromatic N) is 1. The SMILES string of the molecule is O=C(NCC1CCOC2(CCN(C(=O)c3cccs3)CC2)C1)c1ccccc1. The molecule has 1 N–H and O–H groups in total. The zero-order valence-corrected chi connectivity index (χ0v) is 16.7. The van der Waals surface area contributed by atoms with Crippen molar-refractivity contribution in [2.75, 3.05) is 26.2 Å². The molecule has 2 aromatic rings. The summed E-state index contributed by atoms with van der Waals surface area (Å²) in [5, 5.41) is 5.02. The van der Waals surface area contributed by atoms with Crippen molar-refractivity contribution in [2.24, 2.45) is 5.92 Å².